The summed E-state index contributed by atoms with van der Waals surface area (Å²) in [6.07, 6.45) is 2.81. The molecule has 0 aromatic heterocycles. The summed E-state index contributed by atoms with van der Waals surface area (Å²) in [7, 11) is -3.41. The average molecular weight is 297 g/mol. The molecule has 0 unspecified atom stereocenters. The van der Waals surface area contributed by atoms with Gasteiger partial charge in [-0.15, -0.1) is 0 Å². The number of nitrogens with one attached hydrogen (secondary N) is 2. The number of benzene rings is 1. The van der Waals surface area contributed by atoms with Crippen molar-refractivity contribution in [2.45, 2.75) is 37.1 Å². The second-order valence-corrected chi connectivity index (χ2v) is 7.09. The summed E-state index contributed by atoms with van der Waals surface area (Å²) in [4.78, 5) is 0.368. The molecule has 0 radical (unpaired) electrons. The van der Waals surface area contributed by atoms with Crippen LogP contribution < -0.4 is 15.8 Å². The van der Waals surface area contributed by atoms with Crippen LogP contribution in [-0.4, -0.2) is 34.1 Å². The molecular formula is C14H23N3O2S. The first-order valence-electron chi connectivity index (χ1n) is 7.05. The molecule has 1 aromatic rings. The summed E-state index contributed by atoms with van der Waals surface area (Å²) in [5.41, 5.74) is 7.52. The zero-order valence-corrected chi connectivity index (χ0v) is 12.7. The lowest BCUT2D eigenvalue weighted by molar-refractivity contribution is 0.410. The van der Waals surface area contributed by atoms with Gasteiger partial charge in [-0.3, -0.25) is 0 Å². The largest absolute Gasteiger partial charge is 0.330 e. The molecular weight excluding hydrogens is 274 g/mol. The van der Waals surface area contributed by atoms with E-state index in [1.807, 2.05) is 13.0 Å². The second kappa shape index (κ2) is 6.67. The van der Waals surface area contributed by atoms with Crippen LogP contribution in [0.4, 0.5) is 0 Å². The smallest absolute Gasteiger partial charge is 0.240 e. The van der Waals surface area contributed by atoms with E-state index in [0.717, 1.165) is 30.4 Å². The lowest BCUT2D eigenvalue weighted by Crippen LogP contribution is -2.56. The summed E-state index contributed by atoms with van der Waals surface area (Å²) in [6.45, 7) is 4.01. The van der Waals surface area contributed by atoms with E-state index in [1.54, 1.807) is 12.1 Å². The second-order valence-electron chi connectivity index (χ2n) is 5.38. The number of hydrogen-bond donors (Lipinski definition) is 3. The van der Waals surface area contributed by atoms with Gasteiger partial charge in [0.05, 0.1) is 4.90 Å². The van der Waals surface area contributed by atoms with Crippen LogP contribution >= 0.6 is 0 Å². The summed E-state index contributed by atoms with van der Waals surface area (Å²) in [6, 6.07) is 5.56. The standard InChI is InChI=1S/C14H23N3O2S/c1-11-6-12(4-2-3-5-15)8-14(7-11)20(18,19)17-13-9-16-10-13/h6-8,13,16-17H,2-5,9-10,15H2,1H3. The van der Waals surface area contributed by atoms with E-state index < -0.39 is 10.0 Å². The number of hydrogen-bond acceptors (Lipinski definition) is 4. The quantitative estimate of drug-likeness (QED) is 0.641. The number of unbranched alkanes of at least 4 members (excludes halogenated alkanes) is 1. The summed E-state index contributed by atoms with van der Waals surface area (Å²) in [5.74, 6) is 0. The van der Waals surface area contributed by atoms with E-state index >= 15 is 0 Å². The fourth-order valence-corrected chi connectivity index (χ4v) is 3.65. The highest BCUT2D eigenvalue weighted by Crippen LogP contribution is 2.17. The van der Waals surface area contributed by atoms with Gasteiger partial charge in [0.2, 0.25) is 10.0 Å². The molecule has 1 saturated heterocycles. The van der Waals surface area contributed by atoms with Crippen molar-refractivity contribution in [3.8, 4) is 0 Å². The van der Waals surface area contributed by atoms with Crippen molar-refractivity contribution >= 4 is 10.0 Å². The van der Waals surface area contributed by atoms with Crippen LogP contribution in [-0.2, 0) is 16.4 Å². The van der Waals surface area contributed by atoms with Crippen LogP contribution in [0.3, 0.4) is 0 Å². The van der Waals surface area contributed by atoms with Crippen LogP contribution in [0.25, 0.3) is 0 Å². The predicted octanol–water partition coefficient (Wildman–Crippen LogP) is 0.527. The number of aryl methyl sites for hydroxylation is 2. The fourth-order valence-electron chi connectivity index (χ4n) is 2.26. The van der Waals surface area contributed by atoms with Gasteiger partial charge in [-0.25, -0.2) is 13.1 Å². The van der Waals surface area contributed by atoms with Crippen LogP contribution in [0.2, 0.25) is 0 Å². The SMILES string of the molecule is Cc1cc(CCCCN)cc(S(=O)(=O)NC2CNC2)c1. The minimum absolute atomic E-state index is 0.0150. The van der Waals surface area contributed by atoms with Crippen LogP contribution in [0.5, 0.6) is 0 Å². The third-order valence-electron chi connectivity index (χ3n) is 3.44. The Morgan fingerprint density at radius 1 is 1.30 bits per heavy atom. The molecule has 1 aliphatic rings. The normalized spacial score (nSPS) is 16.1. The van der Waals surface area contributed by atoms with Gasteiger partial charge in [0.25, 0.3) is 0 Å². The predicted molar refractivity (Wildman–Crippen MR) is 80.2 cm³/mol. The summed E-state index contributed by atoms with van der Waals surface area (Å²) in [5, 5.41) is 3.05. The van der Waals surface area contributed by atoms with Gasteiger partial charge < -0.3 is 11.1 Å². The van der Waals surface area contributed by atoms with Gasteiger partial charge in [0.15, 0.2) is 0 Å². The van der Waals surface area contributed by atoms with Crippen molar-refractivity contribution in [3.63, 3.8) is 0 Å². The van der Waals surface area contributed by atoms with Crippen LogP contribution in [0.1, 0.15) is 24.0 Å². The molecule has 0 amide bonds. The number of sulfonamides is 1. The topological polar surface area (TPSA) is 84.2 Å². The van der Waals surface area contributed by atoms with Crippen molar-refractivity contribution in [1.29, 1.82) is 0 Å². The van der Waals surface area contributed by atoms with Gasteiger partial charge in [-0.1, -0.05) is 6.07 Å². The van der Waals surface area contributed by atoms with Gasteiger partial charge in [0, 0.05) is 19.1 Å². The van der Waals surface area contributed by atoms with E-state index in [-0.39, 0.29) is 6.04 Å². The maximum absolute atomic E-state index is 12.3. The van der Waals surface area contributed by atoms with Crippen molar-refractivity contribution in [2.75, 3.05) is 19.6 Å². The molecule has 1 aromatic carbocycles. The first kappa shape index (κ1) is 15.4. The Bertz CT molecular complexity index is 554. The highest BCUT2D eigenvalue weighted by molar-refractivity contribution is 7.89. The van der Waals surface area contributed by atoms with E-state index in [4.69, 9.17) is 5.73 Å². The molecule has 2 rings (SSSR count). The Balaban J connectivity index is 2.13. The summed E-state index contributed by atoms with van der Waals surface area (Å²) >= 11 is 0. The van der Waals surface area contributed by atoms with Gasteiger partial charge in [0.1, 0.15) is 0 Å². The molecule has 1 heterocycles. The third-order valence-corrected chi connectivity index (χ3v) is 4.94. The Kier molecular flexibility index (Phi) is 5.15. The molecule has 1 fully saturated rings. The minimum atomic E-state index is -3.41. The molecule has 112 valence electrons. The van der Waals surface area contributed by atoms with E-state index in [0.29, 0.717) is 24.5 Å². The fraction of sp³-hybridized carbons (Fsp3) is 0.571. The number of rotatable bonds is 7. The minimum Gasteiger partial charge on any atom is -0.330 e. The first-order chi connectivity index (χ1) is 9.51. The Morgan fingerprint density at radius 2 is 2.05 bits per heavy atom. The monoisotopic (exact) mass is 297 g/mol. The van der Waals surface area contributed by atoms with Crippen molar-refractivity contribution in [1.82, 2.24) is 10.0 Å². The Labute approximate surface area is 121 Å². The van der Waals surface area contributed by atoms with E-state index in [9.17, 15) is 8.42 Å². The molecule has 0 spiro atoms. The maximum Gasteiger partial charge on any atom is 0.240 e. The third kappa shape index (κ3) is 4.02. The highest BCUT2D eigenvalue weighted by Gasteiger charge is 2.24. The van der Waals surface area contributed by atoms with Crippen LogP contribution in [0.15, 0.2) is 23.1 Å². The zero-order chi connectivity index (χ0) is 14.6. The van der Waals surface area contributed by atoms with Crippen molar-refractivity contribution < 1.29 is 8.42 Å². The maximum atomic E-state index is 12.3. The van der Waals surface area contributed by atoms with Gasteiger partial charge in [-0.2, -0.15) is 0 Å². The lowest BCUT2D eigenvalue weighted by atomic mass is 10.1. The number of nitrogens with two attached hydrogens (primary N) is 1. The molecule has 0 aliphatic carbocycles. The molecule has 1 aliphatic heterocycles. The first-order valence-corrected chi connectivity index (χ1v) is 8.53. The Hall–Kier alpha value is -0.950. The molecule has 4 N–H and O–H groups in total. The zero-order valence-electron chi connectivity index (χ0n) is 11.9. The molecule has 0 atom stereocenters. The van der Waals surface area contributed by atoms with Gasteiger partial charge in [-0.05, 0) is 56.0 Å². The molecule has 5 nitrogen and oxygen atoms in total. The van der Waals surface area contributed by atoms with Gasteiger partial charge >= 0.3 is 0 Å². The lowest BCUT2D eigenvalue weighted by Gasteiger charge is -2.27. The average Bonchev–Trinajstić information content (AvgIpc) is 2.34. The Morgan fingerprint density at radius 3 is 2.65 bits per heavy atom. The van der Waals surface area contributed by atoms with Crippen molar-refractivity contribution in [3.05, 3.63) is 29.3 Å². The van der Waals surface area contributed by atoms with Crippen LogP contribution in [0, 0.1) is 6.92 Å². The molecule has 0 bridgehead atoms. The molecule has 0 saturated carbocycles. The van der Waals surface area contributed by atoms with E-state index in [2.05, 4.69) is 10.0 Å². The molecule has 20 heavy (non-hydrogen) atoms. The van der Waals surface area contributed by atoms with Crippen molar-refractivity contribution in [2.24, 2.45) is 5.73 Å². The molecule has 6 heteroatoms. The summed E-state index contributed by atoms with van der Waals surface area (Å²) < 4.78 is 27.3. The highest BCUT2D eigenvalue weighted by atomic mass is 32.2. The van der Waals surface area contributed by atoms with E-state index in [1.165, 1.54) is 0 Å².